The van der Waals surface area contributed by atoms with Crippen molar-refractivity contribution in [2.45, 2.75) is 105 Å². The van der Waals surface area contributed by atoms with Crippen LogP contribution < -0.4 is 5.32 Å². The first kappa shape index (κ1) is 43.9. The zero-order valence-corrected chi connectivity index (χ0v) is 27.5. The van der Waals surface area contributed by atoms with E-state index in [4.69, 9.17) is 42.6 Å². The van der Waals surface area contributed by atoms with Gasteiger partial charge in [-0.1, -0.05) is 0 Å². The average Bonchev–Trinajstić information content (AvgIpc) is 3.09. The number of hydrogen-bond donors (Lipinski definition) is 10. The maximum absolute atomic E-state index is 12.1. The Bertz CT molecular complexity index is 1020. The van der Waals surface area contributed by atoms with E-state index in [1.54, 1.807) is 5.32 Å². The van der Waals surface area contributed by atoms with Crippen LogP contribution in [0.15, 0.2) is 0 Å². The summed E-state index contributed by atoms with van der Waals surface area (Å²) in [6.45, 7) is -0.756. The Morgan fingerprint density at radius 2 is 1.08 bits per heavy atom. The topological polar surface area (TPSA) is 294 Å². The molecule has 0 aliphatic carbocycles. The molecule has 3 heterocycles. The van der Waals surface area contributed by atoms with Crippen LogP contribution in [0.5, 0.6) is 0 Å². The fourth-order valence-electron chi connectivity index (χ4n) is 5.19. The number of halogens is 3. The van der Waals surface area contributed by atoms with Gasteiger partial charge in [0.05, 0.1) is 65.6 Å². The summed E-state index contributed by atoms with van der Waals surface area (Å²) in [6, 6.07) is 0. The SMILES string of the molecule is CC1OC(OC2C(OCCOCCOCCOCCNC(=O)C(F)(F)F)OC(CO)C(O)C2OC2OC(CO)C(O)C(O)C2O)C(O)C(O)C1O. The Morgan fingerprint density at radius 3 is 1.65 bits per heavy atom. The van der Waals surface area contributed by atoms with Gasteiger partial charge >= 0.3 is 12.1 Å². The average molecular weight is 760 g/mol. The molecular formula is C28H48F3NO19. The van der Waals surface area contributed by atoms with E-state index < -0.39 is 117 Å². The molecule has 20 nitrogen and oxygen atoms in total. The number of aliphatic hydroxyl groups excluding tert-OH is 9. The van der Waals surface area contributed by atoms with Gasteiger partial charge in [-0.3, -0.25) is 4.79 Å². The first-order chi connectivity index (χ1) is 24.1. The number of rotatable bonds is 19. The summed E-state index contributed by atoms with van der Waals surface area (Å²) >= 11 is 0. The lowest BCUT2D eigenvalue weighted by atomic mass is 9.96. The van der Waals surface area contributed by atoms with E-state index in [0.717, 1.165) is 0 Å². The van der Waals surface area contributed by atoms with Gasteiger partial charge in [0.2, 0.25) is 0 Å². The monoisotopic (exact) mass is 759 g/mol. The number of hydrogen-bond acceptors (Lipinski definition) is 19. The van der Waals surface area contributed by atoms with Crippen LogP contribution in [0.3, 0.4) is 0 Å². The Labute approximate surface area is 289 Å². The van der Waals surface area contributed by atoms with Crippen molar-refractivity contribution in [1.29, 1.82) is 0 Å². The molecule has 3 aliphatic rings. The second kappa shape index (κ2) is 20.8. The molecule has 15 unspecified atom stereocenters. The van der Waals surface area contributed by atoms with Crippen molar-refractivity contribution in [3.05, 3.63) is 0 Å². The molecule has 0 bridgehead atoms. The summed E-state index contributed by atoms with van der Waals surface area (Å²) in [5, 5.41) is 94.2. The lowest BCUT2D eigenvalue weighted by molar-refractivity contribution is -0.391. The highest BCUT2D eigenvalue weighted by atomic mass is 19.4. The first-order valence-electron chi connectivity index (χ1n) is 16.1. The van der Waals surface area contributed by atoms with Crippen LogP contribution in [0.25, 0.3) is 0 Å². The molecule has 3 rings (SSSR count). The Balaban J connectivity index is 1.56. The van der Waals surface area contributed by atoms with Gasteiger partial charge in [0.25, 0.3) is 0 Å². The quantitative estimate of drug-likeness (QED) is 0.0549. The number of alkyl halides is 3. The van der Waals surface area contributed by atoms with Crippen molar-refractivity contribution in [3.63, 3.8) is 0 Å². The second-order valence-electron chi connectivity index (χ2n) is 11.8. The summed E-state index contributed by atoms with van der Waals surface area (Å²) in [5.41, 5.74) is 0. The first-order valence-corrected chi connectivity index (χ1v) is 16.1. The molecule has 0 aromatic heterocycles. The van der Waals surface area contributed by atoms with Crippen molar-refractivity contribution in [2.24, 2.45) is 0 Å². The summed E-state index contributed by atoms with van der Waals surface area (Å²) in [4.78, 5) is 10.7. The van der Waals surface area contributed by atoms with Crippen LogP contribution >= 0.6 is 0 Å². The zero-order valence-electron chi connectivity index (χ0n) is 27.5. The molecule has 0 aromatic carbocycles. The molecule has 0 saturated carbocycles. The molecule has 0 spiro atoms. The molecule has 1 amide bonds. The third kappa shape index (κ3) is 12.3. The predicted octanol–water partition coefficient (Wildman–Crippen LogP) is -5.79. The highest BCUT2D eigenvalue weighted by Crippen LogP contribution is 2.33. The lowest BCUT2D eigenvalue weighted by Crippen LogP contribution is -2.67. The molecule has 3 fully saturated rings. The van der Waals surface area contributed by atoms with E-state index in [-0.39, 0.29) is 52.8 Å². The van der Waals surface area contributed by atoms with Crippen molar-refractivity contribution in [2.75, 3.05) is 66.0 Å². The van der Waals surface area contributed by atoms with Crippen molar-refractivity contribution in [3.8, 4) is 0 Å². The van der Waals surface area contributed by atoms with Gasteiger partial charge in [0.15, 0.2) is 18.9 Å². The standard InChI is InChI=1S/C28H48F3NO19/c1-12-15(35)18(38)20(40)24(47-12)51-23-22(50-25-21(41)19(39)16(36)13(10-33)48-25)17(37)14(11-34)49-26(23)46-9-8-45-7-6-44-5-4-43-3-2-32-27(42)28(29,30)31/h12-26,33-41H,2-11H2,1H3,(H,32,42). The molecule has 3 saturated heterocycles. The molecule has 51 heavy (non-hydrogen) atoms. The summed E-state index contributed by atoms with van der Waals surface area (Å²) in [5.74, 6) is -2.07. The Kier molecular flexibility index (Phi) is 18.0. The number of carbonyl (C=O) groups is 1. The zero-order chi connectivity index (χ0) is 37.9. The van der Waals surface area contributed by atoms with Gasteiger partial charge in [-0.2, -0.15) is 13.2 Å². The number of carbonyl (C=O) groups excluding carboxylic acids is 1. The maximum atomic E-state index is 12.1. The summed E-state index contributed by atoms with van der Waals surface area (Å²) < 4.78 is 86.2. The van der Waals surface area contributed by atoms with Gasteiger partial charge in [-0.25, -0.2) is 0 Å². The van der Waals surface area contributed by atoms with Crippen LogP contribution in [0.4, 0.5) is 13.2 Å². The number of amides is 1. The van der Waals surface area contributed by atoms with E-state index in [2.05, 4.69) is 0 Å². The third-order valence-electron chi connectivity index (χ3n) is 8.08. The van der Waals surface area contributed by atoms with E-state index in [1.165, 1.54) is 6.92 Å². The van der Waals surface area contributed by atoms with Gasteiger partial charge < -0.3 is 93.9 Å². The molecular weight excluding hydrogens is 711 g/mol. The molecule has 0 aromatic rings. The van der Waals surface area contributed by atoms with Gasteiger partial charge in [-0.15, -0.1) is 0 Å². The van der Waals surface area contributed by atoms with Crippen LogP contribution in [0, 0.1) is 0 Å². The predicted molar refractivity (Wildman–Crippen MR) is 155 cm³/mol. The Morgan fingerprint density at radius 1 is 0.608 bits per heavy atom. The van der Waals surface area contributed by atoms with Crippen LogP contribution in [0.1, 0.15) is 6.92 Å². The number of aliphatic hydroxyl groups is 9. The fraction of sp³-hybridized carbons (Fsp3) is 0.964. The fourth-order valence-corrected chi connectivity index (χ4v) is 5.19. The van der Waals surface area contributed by atoms with Crippen LogP contribution in [0.2, 0.25) is 0 Å². The van der Waals surface area contributed by atoms with Gasteiger partial charge in [-0.05, 0) is 6.92 Å². The highest BCUT2D eigenvalue weighted by Gasteiger charge is 2.54. The molecule has 15 atom stereocenters. The highest BCUT2D eigenvalue weighted by molar-refractivity contribution is 5.81. The summed E-state index contributed by atoms with van der Waals surface area (Å²) in [7, 11) is 0. The normalized spacial score (nSPS) is 39.2. The minimum Gasteiger partial charge on any atom is -0.394 e. The molecule has 300 valence electrons. The van der Waals surface area contributed by atoms with Crippen molar-refractivity contribution >= 4 is 5.91 Å². The van der Waals surface area contributed by atoms with Crippen LogP contribution in [-0.4, -0.2) is 216 Å². The van der Waals surface area contributed by atoms with Crippen LogP contribution in [-0.2, 0) is 47.4 Å². The Hall–Kier alpha value is -1.46. The van der Waals surface area contributed by atoms with E-state index in [1.807, 2.05) is 0 Å². The summed E-state index contributed by atoms with van der Waals surface area (Å²) in [6.07, 6.45) is -29.4. The largest absolute Gasteiger partial charge is 0.471 e. The minimum atomic E-state index is -4.98. The minimum absolute atomic E-state index is 0.0316. The maximum Gasteiger partial charge on any atom is 0.471 e. The van der Waals surface area contributed by atoms with Crippen molar-refractivity contribution in [1.82, 2.24) is 5.32 Å². The van der Waals surface area contributed by atoms with E-state index >= 15 is 0 Å². The number of nitrogens with one attached hydrogen (secondary N) is 1. The van der Waals surface area contributed by atoms with Crippen molar-refractivity contribution < 1.29 is 107 Å². The lowest BCUT2D eigenvalue weighted by Gasteiger charge is -2.48. The van der Waals surface area contributed by atoms with E-state index in [9.17, 15) is 63.9 Å². The van der Waals surface area contributed by atoms with Gasteiger partial charge in [0, 0.05) is 6.54 Å². The number of ether oxygens (including phenoxy) is 9. The smallest absolute Gasteiger partial charge is 0.394 e. The van der Waals surface area contributed by atoms with E-state index in [0.29, 0.717) is 0 Å². The molecule has 23 heteroatoms. The molecule has 10 N–H and O–H groups in total. The molecule has 3 aliphatic heterocycles. The third-order valence-corrected chi connectivity index (χ3v) is 8.08. The second-order valence-corrected chi connectivity index (χ2v) is 11.8. The van der Waals surface area contributed by atoms with Gasteiger partial charge in [0.1, 0.15) is 67.1 Å². The molecule has 0 radical (unpaired) electrons.